The van der Waals surface area contributed by atoms with E-state index in [4.69, 9.17) is 0 Å². The predicted molar refractivity (Wildman–Crippen MR) is 71.2 cm³/mol. The van der Waals surface area contributed by atoms with Crippen LogP contribution in [-0.4, -0.2) is 37.1 Å². The van der Waals surface area contributed by atoms with Crippen LogP contribution in [-0.2, 0) is 0 Å². The predicted octanol–water partition coefficient (Wildman–Crippen LogP) is 2.36. The molecule has 1 aromatic heterocycles. The monoisotopic (exact) mass is 241 g/mol. The van der Waals surface area contributed by atoms with Crippen molar-refractivity contribution in [2.24, 2.45) is 0 Å². The summed E-state index contributed by atoms with van der Waals surface area (Å²) in [5.41, 5.74) is 1.19. The zero-order valence-electron chi connectivity index (χ0n) is 11.0. The van der Waals surface area contributed by atoms with Gasteiger partial charge in [0.2, 0.25) is 0 Å². The van der Waals surface area contributed by atoms with Gasteiger partial charge in [-0.3, -0.25) is 4.90 Å². The molecule has 0 saturated carbocycles. The SMILES string of the molecule is CNCCCN(C)C(C)c1sc(C)nc1C. The van der Waals surface area contributed by atoms with E-state index in [1.165, 1.54) is 22.0 Å². The molecule has 1 atom stereocenters. The summed E-state index contributed by atoms with van der Waals surface area (Å²) in [6.45, 7) is 8.65. The summed E-state index contributed by atoms with van der Waals surface area (Å²) in [5.74, 6) is 0. The number of hydrogen-bond acceptors (Lipinski definition) is 4. The summed E-state index contributed by atoms with van der Waals surface area (Å²) in [5, 5.41) is 4.35. The van der Waals surface area contributed by atoms with Crippen LogP contribution in [0.1, 0.15) is 35.0 Å². The van der Waals surface area contributed by atoms with Crippen molar-refractivity contribution in [2.45, 2.75) is 33.2 Å². The largest absolute Gasteiger partial charge is 0.320 e. The molecule has 92 valence electrons. The molecule has 16 heavy (non-hydrogen) atoms. The van der Waals surface area contributed by atoms with Crippen LogP contribution in [0.5, 0.6) is 0 Å². The number of aryl methyl sites for hydroxylation is 2. The van der Waals surface area contributed by atoms with Gasteiger partial charge in [0.1, 0.15) is 0 Å². The molecule has 1 N–H and O–H groups in total. The average molecular weight is 241 g/mol. The molecule has 0 fully saturated rings. The third kappa shape index (κ3) is 3.54. The van der Waals surface area contributed by atoms with Crippen LogP contribution in [0.15, 0.2) is 0 Å². The van der Waals surface area contributed by atoms with Crippen LogP contribution < -0.4 is 5.32 Å². The van der Waals surface area contributed by atoms with Crippen LogP contribution in [0.3, 0.4) is 0 Å². The average Bonchev–Trinajstić information content (AvgIpc) is 2.57. The first-order valence-corrected chi connectivity index (χ1v) is 6.66. The standard InChI is InChI=1S/C12H23N3S/c1-9-12(16-11(3)14-9)10(2)15(5)8-6-7-13-4/h10,13H,6-8H2,1-5H3. The van der Waals surface area contributed by atoms with Gasteiger partial charge in [-0.25, -0.2) is 4.98 Å². The highest BCUT2D eigenvalue weighted by molar-refractivity contribution is 7.11. The molecular weight excluding hydrogens is 218 g/mol. The zero-order valence-corrected chi connectivity index (χ0v) is 11.8. The molecule has 0 radical (unpaired) electrons. The Morgan fingerprint density at radius 3 is 2.62 bits per heavy atom. The molecule has 4 heteroatoms. The van der Waals surface area contributed by atoms with Gasteiger partial charge in [0.25, 0.3) is 0 Å². The van der Waals surface area contributed by atoms with E-state index in [2.05, 4.69) is 43.0 Å². The maximum Gasteiger partial charge on any atom is 0.0900 e. The summed E-state index contributed by atoms with van der Waals surface area (Å²) >= 11 is 1.82. The molecule has 0 saturated heterocycles. The molecule has 1 unspecified atom stereocenters. The van der Waals surface area contributed by atoms with Crippen LogP contribution in [0, 0.1) is 13.8 Å². The lowest BCUT2D eigenvalue weighted by atomic mass is 10.2. The summed E-state index contributed by atoms with van der Waals surface area (Å²) < 4.78 is 0. The van der Waals surface area contributed by atoms with E-state index in [1.807, 2.05) is 18.4 Å². The number of hydrogen-bond donors (Lipinski definition) is 1. The minimum absolute atomic E-state index is 0.475. The van der Waals surface area contributed by atoms with Crippen LogP contribution in [0.2, 0.25) is 0 Å². The zero-order chi connectivity index (χ0) is 12.1. The molecular formula is C12H23N3S. The number of nitrogens with zero attached hydrogens (tertiary/aromatic N) is 2. The fraction of sp³-hybridized carbons (Fsp3) is 0.750. The number of thiazole rings is 1. The Balaban J connectivity index is 2.56. The molecule has 0 spiro atoms. The Hall–Kier alpha value is -0.450. The normalized spacial score (nSPS) is 13.4. The van der Waals surface area contributed by atoms with E-state index >= 15 is 0 Å². The minimum Gasteiger partial charge on any atom is -0.320 e. The second-order valence-corrected chi connectivity index (χ2v) is 5.53. The van der Waals surface area contributed by atoms with E-state index < -0.39 is 0 Å². The van der Waals surface area contributed by atoms with Crippen molar-refractivity contribution < 1.29 is 0 Å². The molecule has 1 rings (SSSR count). The van der Waals surface area contributed by atoms with Crippen molar-refractivity contribution in [3.05, 3.63) is 15.6 Å². The molecule has 0 aliphatic heterocycles. The van der Waals surface area contributed by atoms with E-state index in [-0.39, 0.29) is 0 Å². The van der Waals surface area contributed by atoms with Crippen molar-refractivity contribution in [1.29, 1.82) is 0 Å². The Bertz CT molecular complexity index is 322. The van der Waals surface area contributed by atoms with E-state index in [0.717, 1.165) is 13.1 Å². The second-order valence-electron chi connectivity index (χ2n) is 4.30. The fourth-order valence-corrected chi connectivity index (χ4v) is 2.88. The van der Waals surface area contributed by atoms with E-state index in [0.29, 0.717) is 6.04 Å². The first-order valence-electron chi connectivity index (χ1n) is 5.85. The second kappa shape index (κ2) is 6.33. The van der Waals surface area contributed by atoms with Crippen molar-refractivity contribution in [1.82, 2.24) is 15.2 Å². The Labute approximate surface area is 103 Å². The Morgan fingerprint density at radius 1 is 1.44 bits per heavy atom. The summed E-state index contributed by atoms with van der Waals surface area (Å²) in [7, 11) is 4.19. The molecule has 1 aromatic rings. The Morgan fingerprint density at radius 2 is 2.12 bits per heavy atom. The maximum absolute atomic E-state index is 4.49. The van der Waals surface area contributed by atoms with Gasteiger partial charge < -0.3 is 5.32 Å². The van der Waals surface area contributed by atoms with E-state index in [9.17, 15) is 0 Å². The van der Waals surface area contributed by atoms with Crippen molar-refractivity contribution in [2.75, 3.05) is 27.2 Å². The van der Waals surface area contributed by atoms with Gasteiger partial charge in [0.15, 0.2) is 0 Å². The third-order valence-electron chi connectivity index (χ3n) is 2.92. The van der Waals surface area contributed by atoms with Crippen LogP contribution in [0.4, 0.5) is 0 Å². The molecule has 3 nitrogen and oxygen atoms in total. The maximum atomic E-state index is 4.49. The molecule has 1 heterocycles. The van der Waals surface area contributed by atoms with Crippen LogP contribution >= 0.6 is 11.3 Å². The van der Waals surface area contributed by atoms with Gasteiger partial charge in [-0.05, 0) is 54.4 Å². The first kappa shape index (κ1) is 13.6. The van der Waals surface area contributed by atoms with Crippen molar-refractivity contribution in [3.63, 3.8) is 0 Å². The van der Waals surface area contributed by atoms with Crippen molar-refractivity contribution >= 4 is 11.3 Å². The summed E-state index contributed by atoms with van der Waals surface area (Å²) in [4.78, 5) is 8.30. The van der Waals surface area contributed by atoms with Gasteiger partial charge in [-0.15, -0.1) is 11.3 Å². The first-order chi connectivity index (χ1) is 7.56. The molecule has 0 aliphatic rings. The molecule has 0 bridgehead atoms. The number of nitrogens with one attached hydrogen (secondary N) is 1. The lowest BCUT2D eigenvalue weighted by molar-refractivity contribution is 0.260. The molecule has 0 aliphatic carbocycles. The number of rotatable bonds is 6. The highest BCUT2D eigenvalue weighted by atomic mass is 32.1. The summed E-state index contributed by atoms with van der Waals surface area (Å²) in [6, 6.07) is 0.475. The Kier molecular flexibility index (Phi) is 5.38. The quantitative estimate of drug-likeness (QED) is 0.775. The van der Waals surface area contributed by atoms with Gasteiger partial charge in [0, 0.05) is 10.9 Å². The molecule has 0 aromatic carbocycles. The van der Waals surface area contributed by atoms with Gasteiger partial charge in [-0.2, -0.15) is 0 Å². The van der Waals surface area contributed by atoms with E-state index in [1.54, 1.807) is 0 Å². The van der Waals surface area contributed by atoms with Gasteiger partial charge in [-0.1, -0.05) is 0 Å². The third-order valence-corrected chi connectivity index (χ3v) is 4.16. The molecule has 0 amide bonds. The summed E-state index contributed by atoms with van der Waals surface area (Å²) in [6.07, 6.45) is 1.19. The van der Waals surface area contributed by atoms with Gasteiger partial charge in [0.05, 0.1) is 10.7 Å². The minimum atomic E-state index is 0.475. The fourth-order valence-electron chi connectivity index (χ4n) is 1.83. The van der Waals surface area contributed by atoms with Crippen molar-refractivity contribution in [3.8, 4) is 0 Å². The number of aromatic nitrogens is 1. The lowest BCUT2D eigenvalue weighted by Crippen LogP contribution is -2.25. The smallest absolute Gasteiger partial charge is 0.0900 e. The highest BCUT2D eigenvalue weighted by Crippen LogP contribution is 2.27. The lowest BCUT2D eigenvalue weighted by Gasteiger charge is -2.24. The topological polar surface area (TPSA) is 28.2 Å². The van der Waals surface area contributed by atoms with Gasteiger partial charge >= 0.3 is 0 Å². The highest BCUT2D eigenvalue weighted by Gasteiger charge is 2.16. The van der Waals surface area contributed by atoms with Crippen LogP contribution in [0.25, 0.3) is 0 Å².